The maximum absolute atomic E-state index is 4.65. The Hall–Kier alpha value is -1.53. The van der Waals surface area contributed by atoms with Crippen molar-refractivity contribution >= 4 is 21.7 Å². The maximum Gasteiger partial charge on any atom is 0.135 e. The predicted molar refractivity (Wildman–Crippen MR) is 95.9 cm³/mol. The Balaban J connectivity index is 1.32. The van der Waals surface area contributed by atoms with Crippen LogP contribution in [0.2, 0.25) is 0 Å². The molecule has 1 aliphatic carbocycles. The number of hydrogen-bond donors (Lipinski definition) is 0. The zero-order chi connectivity index (χ0) is 16.1. The molecule has 6 heteroatoms. The highest BCUT2D eigenvalue weighted by Gasteiger charge is 2.44. The first-order valence-corrected chi connectivity index (χ1v) is 9.51. The number of likely N-dealkylation sites (tertiary alicyclic amines) is 1. The first-order valence-electron chi connectivity index (χ1n) is 8.72. The standard InChI is InChI=1S/C18H20BrN5/c19-12-4-5-13(20-7-12)8-23-9-15-6-14(23)10-24(15)18-16-2-1-3-17(16)21-11-22-18/h4-5,7,11,14-15H,1-3,6,8-10H2. The molecular weight excluding hydrogens is 366 g/mol. The van der Waals surface area contributed by atoms with E-state index in [-0.39, 0.29) is 0 Å². The number of piperazine rings is 1. The Morgan fingerprint density at radius 1 is 1.08 bits per heavy atom. The van der Waals surface area contributed by atoms with Gasteiger partial charge in [0, 0.05) is 53.6 Å². The highest BCUT2D eigenvalue weighted by atomic mass is 79.9. The fraction of sp³-hybridized carbons (Fsp3) is 0.500. The number of hydrogen-bond acceptors (Lipinski definition) is 5. The third-order valence-corrected chi connectivity index (χ3v) is 6.10. The first-order chi connectivity index (χ1) is 11.8. The fourth-order valence-electron chi connectivity index (χ4n) is 4.50. The van der Waals surface area contributed by atoms with E-state index in [0.717, 1.165) is 42.6 Å². The van der Waals surface area contributed by atoms with Crippen molar-refractivity contribution in [3.05, 3.63) is 46.1 Å². The van der Waals surface area contributed by atoms with Crippen LogP contribution in [0.1, 0.15) is 29.8 Å². The van der Waals surface area contributed by atoms with Crippen LogP contribution in [0.4, 0.5) is 5.82 Å². The van der Waals surface area contributed by atoms with Gasteiger partial charge in [-0.05, 0) is 53.7 Å². The molecule has 2 bridgehead atoms. The Bertz CT molecular complexity index is 763. The maximum atomic E-state index is 4.65. The Morgan fingerprint density at radius 2 is 2.04 bits per heavy atom. The van der Waals surface area contributed by atoms with Gasteiger partial charge in [0.25, 0.3) is 0 Å². The van der Waals surface area contributed by atoms with Crippen molar-refractivity contribution in [2.45, 2.75) is 44.3 Å². The molecule has 5 nitrogen and oxygen atoms in total. The number of nitrogens with zero attached hydrogens (tertiary/aromatic N) is 5. The molecule has 2 saturated heterocycles. The lowest BCUT2D eigenvalue weighted by molar-refractivity contribution is 0.227. The van der Waals surface area contributed by atoms with Gasteiger partial charge in [-0.2, -0.15) is 0 Å². The summed E-state index contributed by atoms with van der Waals surface area (Å²) in [7, 11) is 0. The molecule has 0 saturated carbocycles. The summed E-state index contributed by atoms with van der Waals surface area (Å²) in [6.45, 7) is 3.15. The lowest BCUT2D eigenvalue weighted by atomic mass is 10.2. The summed E-state index contributed by atoms with van der Waals surface area (Å²) in [6.07, 6.45) is 8.38. The number of halogens is 1. The molecule has 2 aliphatic heterocycles. The normalized spacial score (nSPS) is 25.5. The molecule has 3 aliphatic rings. The monoisotopic (exact) mass is 385 g/mol. The van der Waals surface area contributed by atoms with Crippen LogP contribution < -0.4 is 4.90 Å². The van der Waals surface area contributed by atoms with Crippen molar-refractivity contribution in [2.24, 2.45) is 0 Å². The molecule has 2 unspecified atom stereocenters. The van der Waals surface area contributed by atoms with Crippen LogP contribution in [0.15, 0.2) is 29.1 Å². The molecule has 2 aromatic heterocycles. The van der Waals surface area contributed by atoms with E-state index in [1.807, 2.05) is 6.20 Å². The molecule has 0 amide bonds. The average molecular weight is 386 g/mol. The van der Waals surface area contributed by atoms with Crippen LogP contribution in [-0.4, -0.2) is 45.0 Å². The van der Waals surface area contributed by atoms with Gasteiger partial charge in [-0.15, -0.1) is 0 Å². The highest BCUT2D eigenvalue weighted by Crippen LogP contribution is 2.37. The molecule has 0 N–H and O–H groups in total. The summed E-state index contributed by atoms with van der Waals surface area (Å²) in [5, 5.41) is 0. The predicted octanol–water partition coefficient (Wildman–Crippen LogP) is 2.59. The molecule has 0 spiro atoms. The molecule has 24 heavy (non-hydrogen) atoms. The smallest absolute Gasteiger partial charge is 0.135 e. The van der Waals surface area contributed by atoms with Gasteiger partial charge in [-0.25, -0.2) is 9.97 Å². The van der Waals surface area contributed by atoms with E-state index in [0.29, 0.717) is 12.1 Å². The van der Waals surface area contributed by atoms with E-state index in [4.69, 9.17) is 0 Å². The van der Waals surface area contributed by atoms with Gasteiger partial charge >= 0.3 is 0 Å². The number of rotatable bonds is 3. The Labute approximate surface area is 150 Å². The van der Waals surface area contributed by atoms with Gasteiger partial charge in [0.15, 0.2) is 0 Å². The number of pyridine rings is 1. The molecule has 4 heterocycles. The largest absolute Gasteiger partial charge is 0.350 e. The fourth-order valence-corrected chi connectivity index (χ4v) is 4.73. The quantitative estimate of drug-likeness (QED) is 0.812. The van der Waals surface area contributed by atoms with Crippen LogP contribution in [0, 0.1) is 0 Å². The summed E-state index contributed by atoms with van der Waals surface area (Å²) >= 11 is 3.45. The van der Waals surface area contributed by atoms with Crippen molar-refractivity contribution in [2.75, 3.05) is 18.0 Å². The van der Waals surface area contributed by atoms with Crippen LogP contribution >= 0.6 is 15.9 Å². The number of fused-ring (bicyclic) bond motifs is 3. The zero-order valence-corrected chi connectivity index (χ0v) is 15.1. The molecule has 0 aromatic carbocycles. The summed E-state index contributed by atoms with van der Waals surface area (Å²) in [4.78, 5) is 18.8. The van der Waals surface area contributed by atoms with Crippen molar-refractivity contribution in [1.82, 2.24) is 19.9 Å². The topological polar surface area (TPSA) is 45.2 Å². The molecular formula is C18H20BrN5. The summed E-state index contributed by atoms with van der Waals surface area (Å²) in [5.41, 5.74) is 3.84. The van der Waals surface area contributed by atoms with Gasteiger partial charge in [0.2, 0.25) is 0 Å². The van der Waals surface area contributed by atoms with E-state index < -0.39 is 0 Å². The van der Waals surface area contributed by atoms with Gasteiger partial charge in [-0.3, -0.25) is 9.88 Å². The van der Waals surface area contributed by atoms with Crippen molar-refractivity contribution in [3.63, 3.8) is 0 Å². The van der Waals surface area contributed by atoms with Gasteiger partial charge in [0.05, 0.1) is 5.69 Å². The molecule has 0 radical (unpaired) electrons. The molecule has 2 atom stereocenters. The van der Waals surface area contributed by atoms with E-state index in [9.17, 15) is 0 Å². The first kappa shape index (κ1) is 14.8. The third-order valence-electron chi connectivity index (χ3n) is 5.63. The molecule has 124 valence electrons. The van der Waals surface area contributed by atoms with Gasteiger partial charge < -0.3 is 4.90 Å². The minimum Gasteiger partial charge on any atom is -0.350 e. The van der Waals surface area contributed by atoms with Crippen molar-refractivity contribution in [3.8, 4) is 0 Å². The lowest BCUT2D eigenvalue weighted by Crippen LogP contribution is -2.46. The highest BCUT2D eigenvalue weighted by molar-refractivity contribution is 9.10. The minimum absolute atomic E-state index is 0.588. The Kier molecular flexibility index (Phi) is 3.56. The summed E-state index contributed by atoms with van der Waals surface area (Å²) in [6, 6.07) is 5.40. The average Bonchev–Trinajstić information content (AvgIpc) is 3.31. The van der Waals surface area contributed by atoms with Crippen LogP contribution in [0.5, 0.6) is 0 Å². The van der Waals surface area contributed by atoms with Crippen molar-refractivity contribution < 1.29 is 0 Å². The van der Waals surface area contributed by atoms with Gasteiger partial charge in [-0.1, -0.05) is 0 Å². The van der Waals surface area contributed by atoms with Crippen LogP contribution in [0.25, 0.3) is 0 Å². The number of aryl methyl sites for hydroxylation is 1. The lowest BCUT2D eigenvalue weighted by Gasteiger charge is -2.35. The van der Waals surface area contributed by atoms with Crippen molar-refractivity contribution in [1.29, 1.82) is 0 Å². The second kappa shape index (κ2) is 5.77. The third kappa shape index (κ3) is 2.43. The second-order valence-electron chi connectivity index (χ2n) is 7.07. The van der Waals surface area contributed by atoms with E-state index in [2.05, 4.69) is 52.8 Å². The second-order valence-corrected chi connectivity index (χ2v) is 7.98. The SMILES string of the molecule is Brc1ccc(CN2CC3CC2CN3c2ncnc3c2CCC3)nc1. The molecule has 5 rings (SSSR count). The zero-order valence-electron chi connectivity index (χ0n) is 13.5. The van der Waals surface area contributed by atoms with E-state index in [1.165, 1.54) is 29.9 Å². The summed E-state index contributed by atoms with van der Waals surface area (Å²) < 4.78 is 1.04. The van der Waals surface area contributed by atoms with E-state index >= 15 is 0 Å². The Morgan fingerprint density at radius 3 is 2.83 bits per heavy atom. The minimum atomic E-state index is 0.588. The number of aromatic nitrogens is 3. The van der Waals surface area contributed by atoms with Gasteiger partial charge in [0.1, 0.15) is 12.1 Å². The number of anilines is 1. The van der Waals surface area contributed by atoms with Crippen LogP contribution in [0.3, 0.4) is 0 Å². The van der Waals surface area contributed by atoms with Crippen LogP contribution in [-0.2, 0) is 19.4 Å². The summed E-state index contributed by atoms with van der Waals surface area (Å²) in [5.74, 6) is 1.21. The molecule has 2 fully saturated rings. The molecule has 2 aromatic rings. The van der Waals surface area contributed by atoms with E-state index in [1.54, 1.807) is 6.33 Å².